The number of morpholine rings is 1. The van der Waals surface area contributed by atoms with Gasteiger partial charge in [-0.3, -0.25) is 9.69 Å². The maximum absolute atomic E-state index is 10.6. The molecule has 0 unspecified atom stereocenters. The molecule has 0 aromatic carbocycles. The third-order valence-corrected chi connectivity index (χ3v) is 3.42. The van der Waals surface area contributed by atoms with Gasteiger partial charge in [-0.15, -0.1) is 11.3 Å². The summed E-state index contributed by atoms with van der Waals surface area (Å²) >= 11 is 1.61. The topological polar surface area (TPSA) is 42.4 Å². The van der Waals surface area contributed by atoms with Gasteiger partial charge in [0, 0.05) is 18.0 Å². The molecule has 0 atom stereocenters. The molecule has 5 heteroatoms. The number of carbonyl (C=O) groups is 1. The zero-order valence-electron chi connectivity index (χ0n) is 8.73. The van der Waals surface area contributed by atoms with Crippen molar-refractivity contribution >= 4 is 17.6 Å². The molecule has 1 fully saturated rings. The van der Waals surface area contributed by atoms with Crippen LogP contribution >= 0.6 is 11.3 Å². The van der Waals surface area contributed by atoms with Gasteiger partial charge < -0.3 is 4.74 Å². The average molecular weight is 226 g/mol. The molecular weight excluding hydrogens is 212 g/mol. The van der Waals surface area contributed by atoms with Crippen molar-refractivity contribution in [3.05, 3.63) is 15.6 Å². The van der Waals surface area contributed by atoms with Crippen molar-refractivity contribution in [3.8, 4) is 0 Å². The van der Waals surface area contributed by atoms with E-state index in [-0.39, 0.29) is 0 Å². The third-order valence-electron chi connectivity index (χ3n) is 2.45. The molecule has 1 saturated heterocycles. The molecule has 0 N–H and O–H groups in total. The lowest BCUT2D eigenvalue weighted by molar-refractivity contribution is 0.0341. The first-order valence-electron chi connectivity index (χ1n) is 5.01. The molecule has 1 aromatic heterocycles. The van der Waals surface area contributed by atoms with Gasteiger partial charge >= 0.3 is 0 Å². The van der Waals surface area contributed by atoms with Crippen molar-refractivity contribution in [2.24, 2.45) is 0 Å². The van der Waals surface area contributed by atoms with Gasteiger partial charge in [0.1, 0.15) is 10.7 Å². The zero-order chi connectivity index (χ0) is 10.7. The molecule has 82 valence electrons. The van der Waals surface area contributed by atoms with E-state index in [0.29, 0.717) is 5.69 Å². The number of carbonyl (C=O) groups excluding carboxylic acids is 1. The Bertz CT molecular complexity index is 345. The number of aromatic nitrogens is 1. The Kier molecular flexibility index (Phi) is 3.45. The van der Waals surface area contributed by atoms with Gasteiger partial charge in [-0.05, 0) is 6.92 Å². The summed E-state index contributed by atoms with van der Waals surface area (Å²) in [6.45, 7) is 6.27. The molecule has 2 rings (SSSR count). The second-order valence-electron chi connectivity index (χ2n) is 3.56. The Hall–Kier alpha value is -0.780. The fourth-order valence-corrected chi connectivity index (χ4v) is 2.54. The molecule has 15 heavy (non-hydrogen) atoms. The van der Waals surface area contributed by atoms with Crippen LogP contribution in [-0.4, -0.2) is 42.5 Å². The summed E-state index contributed by atoms with van der Waals surface area (Å²) < 4.78 is 5.27. The Morgan fingerprint density at radius 2 is 2.27 bits per heavy atom. The van der Waals surface area contributed by atoms with Gasteiger partial charge in [-0.2, -0.15) is 0 Å². The zero-order valence-corrected chi connectivity index (χ0v) is 9.55. The lowest BCUT2D eigenvalue weighted by Gasteiger charge is -2.25. The van der Waals surface area contributed by atoms with Crippen LogP contribution in [0.2, 0.25) is 0 Å². The minimum Gasteiger partial charge on any atom is -0.379 e. The van der Waals surface area contributed by atoms with E-state index in [9.17, 15) is 4.79 Å². The number of hydrogen-bond acceptors (Lipinski definition) is 5. The fourth-order valence-electron chi connectivity index (χ4n) is 1.59. The van der Waals surface area contributed by atoms with Crippen molar-refractivity contribution in [2.75, 3.05) is 26.3 Å². The quantitative estimate of drug-likeness (QED) is 0.724. The highest BCUT2D eigenvalue weighted by atomic mass is 32.1. The van der Waals surface area contributed by atoms with Crippen LogP contribution in [0.5, 0.6) is 0 Å². The summed E-state index contributed by atoms with van der Waals surface area (Å²) in [6, 6.07) is 0. The standard InChI is InChI=1S/C10H14N2O2S/c1-8-9(7-13)11-10(15-8)6-12-2-4-14-5-3-12/h7H,2-6H2,1H3. The molecule has 0 spiro atoms. The lowest BCUT2D eigenvalue weighted by Crippen LogP contribution is -2.35. The van der Waals surface area contributed by atoms with Crippen LogP contribution < -0.4 is 0 Å². The minimum absolute atomic E-state index is 0.586. The van der Waals surface area contributed by atoms with Gasteiger partial charge in [0.05, 0.1) is 19.8 Å². The summed E-state index contributed by atoms with van der Waals surface area (Å²) in [5.41, 5.74) is 0.586. The second kappa shape index (κ2) is 4.83. The predicted octanol–water partition coefficient (Wildman–Crippen LogP) is 1.10. The molecule has 4 nitrogen and oxygen atoms in total. The normalized spacial score (nSPS) is 17.9. The Labute approximate surface area is 92.9 Å². The molecule has 2 heterocycles. The van der Waals surface area contributed by atoms with E-state index in [1.165, 1.54) is 0 Å². The van der Waals surface area contributed by atoms with Crippen molar-refractivity contribution < 1.29 is 9.53 Å². The first-order valence-corrected chi connectivity index (χ1v) is 5.83. The molecule has 0 bridgehead atoms. The van der Waals surface area contributed by atoms with Gasteiger partial charge in [0.2, 0.25) is 0 Å². The first-order chi connectivity index (χ1) is 7.29. The highest BCUT2D eigenvalue weighted by Gasteiger charge is 2.14. The number of hydrogen-bond donors (Lipinski definition) is 0. The molecule has 1 aliphatic heterocycles. The Morgan fingerprint density at radius 1 is 1.53 bits per heavy atom. The largest absolute Gasteiger partial charge is 0.379 e. The van der Waals surface area contributed by atoms with E-state index in [0.717, 1.165) is 49.0 Å². The maximum Gasteiger partial charge on any atom is 0.169 e. The van der Waals surface area contributed by atoms with E-state index in [1.54, 1.807) is 11.3 Å². The van der Waals surface area contributed by atoms with E-state index < -0.39 is 0 Å². The van der Waals surface area contributed by atoms with Crippen LogP contribution in [0.15, 0.2) is 0 Å². The smallest absolute Gasteiger partial charge is 0.169 e. The van der Waals surface area contributed by atoms with E-state index in [4.69, 9.17) is 4.74 Å². The third kappa shape index (κ3) is 2.62. The highest BCUT2D eigenvalue weighted by molar-refractivity contribution is 7.11. The van der Waals surface area contributed by atoms with Gasteiger partial charge in [0.25, 0.3) is 0 Å². The summed E-state index contributed by atoms with van der Waals surface area (Å²) in [6.07, 6.45) is 0.828. The molecule has 0 aliphatic carbocycles. The van der Waals surface area contributed by atoms with Gasteiger partial charge in [0.15, 0.2) is 6.29 Å². The summed E-state index contributed by atoms with van der Waals surface area (Å²) in [5, 5.41) is 1.02. The van der Waals surface area contributed by atoms with Crippen LogP contribution in [0, 0.1) is 6.92 Å². The van der Waals surface area contributed by atoms with E-state index >= 15 is 0 Å². The van der Waals surface area contributed by atoms with Crippen molar-refractivity contribution in [1.82, 2.24) is 9.88 Å². The first kappa shape index (κ1) is 10.7. The lowest BCUT2D eigenvalue weighted by atomic mass is 10.4. The van der Waals surface area contributed by atoms with Crippen LogP contribution in [0.4, 0.5) is 0 Å². The number of ether oxygens (including phenoxy) is 1. The van der Waals surface area contributed by atoms with Crippen LogP contribution in [0.1, 0.15) is 20.4 Å². The Morgan fingerprint density at radius 3 is 2.87 bits per heavy atom. The van der Waals surface area contributed by atoms with Crippen LogP contribution in [-0.2, 0) is 11.3 Å². The van der Waals surface area contributed by atoms with Crippen molar-refractivity contribution in [1.29, 1.82) is 0 Å². The summed E-state index contributed by atoms with van der Waals surface area (Å²) in [4.78, 5) is 18.2. The summed E-state index contributed by atoms with van der Waals surface area (Å²) in [5.74, 6) is 0. The Balaban J connectivity index is 2.00. The maximum atomic E-state index is 10.6. The number of aldehydes is 1. The highest BCUT2D eigenvalue weighted by Crippen LogP contribution is 2.18. The number of nitrogens with zero attached hydrogens (tertiary/aromatic N) is 2. The second-order valence-corrected chi connectivity index (χ2v) is 4.84. The number of rotatable bonds is 3. The van der Waals surface area contributed by atoms with E-state index in [2.05, 4.69) is 9.88 Å². The molecule has 1 aliphatic rings. The van der Waals surface area contributed by atoms with Crippen LogP contribution in [0.3, 0.4) is 0 Å². The number of aryl methyl sites for hydroxylation is 1. The molecule has 1 aromatic rings. The number of thiazole rings is 1. The molecule has 0 amide bonds. The minimum atomic E-state index is 0.586. The fraction of sp³-hybridized carbons (Fsp3) is 0.600. The summed E-state index contributed by atoms with van der Waals surface area (Å²) in [7, 11) is 0. The van der Waals surface area contributed by atoms with Crippen molar-refractivity contribution in [3.63, 3.8) is 0 Å². The monoisotopic (exact) mass is 226 g/mol. The van der Waals surface area contributed by atoms with Crippen molar-refractivity contribution in [2.45, 2.75) is 13.5 Å². The molecule has 0 radical (unpaired) electrons. The molecule has 0 saturated carbocycles. The average Bonchev–Trinajstić information content (AvgIpc) is 2.60. The molecular formula is C10H14N2O2S. The van der Waals surface area contributed by atoms with Gasteiger partial charge in [-0.25, -0.2) is 4.98 Å². The van der Waals surface area contributed by atoms with E-state index in [1.807, 2.05) is 6.92 Å². The van der Waals surface area contributed by atoms with Crippen LogP contribution in [0.25, 0.3) is 0 Å². The van der Waals surface area contributed by atoms with Gasteiger partial charge in [-0.1, -0.05) is 0 Å². The predicted molar refractivity (Wildman–Crippen MR) is 58.3 cm³/mol. The SMILES string of the molecule is Cc1sc(CN2CCOCC2)nc1C=O.